The molecule has 0 bridgehead atoms. The fraction of sp³-hybridized carbons (Fsp3) is 0.553. The van der Waals surface area contributed by atoms with Crippen LogP contribution in [0.15, 0.2) is 35.7 Å². The molecule has 3 aromatic rings. The van der Waals surface area contributed by atoms with Crippen LogP contribution in [0.1, 0.15) is 88.8 Å². The zero-order valence-corrected chi connectivity index (χ0v) is 30.0. The van der Waals surface area contributed by atoms with Gasteiger partial charge >= 0.3 is 5.97 Å². The number of nitrogens with one attached hydrogen (secondary N) is 1. The first-order chi connectivity index (χ1) is 23.5. The van der Waals surface area contributed by atoms with Crippen LogP contribution in [0.4, 0.5) is 0 Å². The van der Waals surface area contributed by atoms with Crippen molar-refractivity contribution in [2.75, 3.05) is 20.7 Å². The van der Waals surface area contributed by atoms with Gasteiger partial charge in [-0.3, -0.25) is 9.59 Å². The number of thiazole rings is 1. The minimum absolute atomic E-state index is 0.1000. The van der Waals surface area contributed by atoms with Gasteiger partial charge in [-0.25, -0.2) is 14.8 Å². The highest BCUT2D eigenvalue weighted by atomic mass is 32.1. The number of fused-ring (bicyclic) bond motifs is 3. The maximum atomic E-state index is 14.0. The number of hydrogen-bond acceptors (Lipinski definition) is 8. The summed E-state index contributed by atoms with van der Waals surface area (Å²) in [4.78, 5) is 52.1. The molecule has 2 N–H and O–H groups in total. The molecule has 5 atom stereocenters. The Kier molecular flexibility index (Phi) is 10.3. The summed E-state index contributed by atoms with van der Waals surface area (Å²) in [6.45, 7) is 6.78. The number of pyridine rings is 1. The topological polar surface area (TPSA) is 131 Å². The van der Waals surface area contributed by atoms with E-state index < -0.39 is 29.4 Å². The summed E-state index contributed by atoms with van der Waals surface area (Å²) in [5.41, 5.74) is 2.00. The number of ether oxygens (including phenoxy) is 2. The van der Waals surface area contributed by atoms with Gasteiger partial charge in [-0.1, -0.05) is 32.4 Å². The van der Waals surface area contributed by atoms with E-state index in [0.29, 0.717) is 49.4 Å². The summed E-state index contributed by atoms with van der Waals surface area (Å²) in [5, 5.41) is 16.8. The lowest BCUT2D eigenvalue weighted by atomic mass is 9.93. The lowest BCUT2D eigenvalue weighted by molar-refractivity contribution is -0.145. The predicted octanol–water partition coefficient (Wildman–Crippen LogP) is 6.90. The summed E-state index contributed by atoms with van der Waals surface area (Å²) in [5.74, 6) is -1.38. The van der Waals surface area contributed by atoms with E-state index >= 15 is 0 Å². The number of amides is 2. The van der Waals surface area contributed by atoms with Gasteiger partial charge in [-0.05, 0) is 82.3 Å². The van der Waals surface area contributed by atoms with Gasteiger partial charge in [-0.15, -0.1) is 11.3 Å². The lowest BCUT2D eigenvalue weighted by Gasteiger charge is -2.26. The number of rotatable bonds is 6. The molecule has 2 aromatic heterocycles. The minimum atomic E-state index is -1.29. The van der Waals surface area contributed by atoms with Gasteiger partial charge in [0.25, 0.3) is 0 Å². The Morgan fingerprint density at radius 3 is 2.59 bits per heavy atom. The Morgan fingerprint density at radius 2 is 1.86 bits per heavy atom. The van der Waals surface area contributed by atoms with E-state index in [9.17, 15) is 19.5 Å². The predicted molar refractivity (Wildman–Crippen MR) is 190 cm³/mol. The Balaban J connectivity index is 1.33. The molecule has 10 nitrogen and oxygen atoms in total. The third-order valence-corrected chi connectivity index (χ3v) is 11.5. The number of carbonyl (C=O) groups excluding carboxylic acids is 2. The molecule has 262 valence electrons. The zero-order chi connectivity index (χ0) is 34.9. The molecule has 0 radical (unpaired) electrons. The summed E-state index contributed by atoms with van der Waals surface area (Å²) in [6, 6.07) is 5.73. The summed E-state index contributed by atoms with van der Waals surface area (Å²) >= 11 is 1.53. The van der Waals surface area contributed by atoms with Gasteiger partial charge in [0.1, 0.15) is 33.8 Å². The summed E-state index contributed by atoms with van der Waals surface area (Å²) in [7, 11) is 3.43. The van der Waals surface area contributed by atoms with Crippen LogP contribution in [0.2, 0.25) is 0 Å². The van der Waals surface area contributed by atoms with E-state index in [4.69, 9.17) is 19.4 Å². The molecule has 1 aromatic carbocycles. The molecule has 5 unspecified atom stereocenters. The molecule has 3 aliphatic rings. The fourth-order valence-corrected chi connectivity index (χ4v) is 8.42. The fourth-order valence-electron chi connectivity index (χ4n) is 7.48. The number of methoxy groups -OCH3 is 1. The second-order valence-electron chi connectivity index (χ2n) is 14.3. The van der Waals surface area contributed by atoms with Gasteiger partial charge < -0.3 is 24.8 Å². The smallest absolute Gasteiger partial charge is 0.329 e. The van der Waals surface area contributed by atoms with Crippen LogP contribution in [-0.2, 0) is 14.4 Å². The van der Waals surface area contributed by atoms with Gasteiger partial charge in [0.2, 0.25) is 11.8 Å². The monoisotopic (exact) mass is 688 g/mol. The highest BCUT2D eigenvalue weighted by Crippen LogP contribution is 2.48. The van der Waals surface area contributed by atoms with Crippen LogP contribution in [-0.4, -0.2) is 70.1 Å². The van der Waals surface area contributed by atoms with E-state index in [2.05, 4.69) is 36.7 Å². The second kappa shape index (κ2) is 14.5. The van der Waals surface area contributed by atoms with Gasteiger partial charge in [0, 0.05) is 36.0 Å². The average Bonchev–Trinajstić information content (AvgIpc) is 3.38. The van der Waals surface area contributed by atoms with E-state index in [1.54, 1.807) is 19.1 Å². The van der Waals surface area contributed by atoms with E-state index in [-0.39, 0.29) is 23.7 Å². The van der Waals surface area contributed by atoms with Crippen LogP contribution in [0.5, 0.6) is 11.5 Å². The highest BCUT2D eigenvalue weighted by Gasteiger charge is 2.62. The molecule has 0 saturated heterocycles. The standard InChI is InChI=1S/C38H48N4O6S/c1-22(2)30-21-49-35(40-30)29-19-32(26-14-15-31(47-5)23(3)33(26)39-29)48-25-17-27-28(18-25)36(44)42(4)16-12-10-8-6-7-9-11-13-24-20-38(24,37(45)46)41-34(27)43/h7,9,14-15,19,21-22,24-25,27-28H,6,8,10-13,16-18,20H2,1-5H3,(H,41,43)(H,45,46). The number of aliphatic carboxylic acids is 1. The molecule has 1 aliphatic heterocycles. The minimum Gasteiger partial charge on any atom is -0.496 e. The van der Waals surface area contributed by atoms with E-state index in [0.717, 1.165) is 59.3 Å². The first-order valence-electron chi connectivity index (χ1n) is 17.6. The van der Waals surface area contributed by atoms with Gasteiger partial charge in [-0.2, -0.15) is 0 Å². The number of aryl methyl sites for hydroxylation is 1. The first-order valence-corrected chi connectivity index (χ1v) is 18.5. The molecule has 3 heterocycles. The SMILES string of the molecule is COc1ccc2c(OC3CC4C(=O)NC5(C(=O)O)CC5CCC=CCCCCCN(C)C(=O)C4C3)cc(-c3nc(C(C)C)cs3)nc2c1C. The second-order valence-corrected chi connectivity index (χ2v) is 15.1. The highest BCUT2D eigenvalue weighted by molar-refractivity contribution is 7.13. The first kappa shape index (κ1) is 34.9. The number of nitrogens with zero attached hydrogens (tertiary/aromatic N) is 3. The van der Waals surface area contributed by atoms with Crippen LogP contribution in [0.3, 0.4) is 0 Å². The zero-order valence-electron chi connectivity index (χ0n) is 29.2. The van der Waals surface area contributed by atoms with Crippen molar-refractivity contribution in [3.63, 3.8) is 0 Å². The third-order valence-electron chi connectivity index (χ3n) is 10.6. The molecular weight excluding hydrogens is 641 g/mol. The molecule has 2 fully saturated rings. The molecule has 11 heteroatoms. The number of aromatic nitrogens is 2. The van der Waals surface area contributed by atoms with Crippen LogP contribution in [0.25, 0.3) is 21.6 Å². The van der Waals surface area contributed by atoms with Crippen molar-refractivity contribution in [1.29, 1.82) is 0 Å². The number of allylic oxidation sites excluding steroid dienone is 2. The van der Waals surface area contributed by atoms with E-state index in [1.165, 1.54) is 11.3 Å². The van der Waals surface area contributed by atoms with Crippen molar-refractivity contribution in [3.8, 4) is 22.2 Å². The maximum absolute atomic E-state index is 14.0. The molecule has 2 aliphatic carbocycles. The molecule has 2 amide bonds. The van der Waals surface area contributed by atoms with Gasteiger partial charge in [0.05, 0.1) is 30.2 Å². The molecule has 0 spiro atoms. The Labute approximate surface area is 292 Å². The average molecular weight is 689 g/mol. The van der Waals surface area contributed by atoms with Crippen LogP contribution < -0.4 is 14.8 Å². The van der Waals surface area contributed by atoms with Crippen molar-refractivity contribution in [2.24, 2.45) is 17.8 Å². The number of benzene rings is 1. The van der Waals surface area contributed by atoms with Crippen LogP contribution in [0, 0.1) is 24.7 Å². The summed E-state index contributed by atoms with van der Waals surface area (Å²) < 4.78 is 12.4. The Bertz CT molecular complexity index is 1750. The number of carboxylic acid groups (broad SMARTS) is 1. The van der Waals surface area contributed by atoms with Crippen molar-refractivity contribution >= 4 is 40.0 Å². The van der Waals surface area contributed by atoms with E-state index in [1.807, 2.05) is 25.1 Å². The van der Waals surface area contributed by atoms with Crippen LogP contribution >= 0.6 is 11.3 Å². The number of carbonyl (C=O) groups is 3. The largest absolute Gasteiger partial charge is 0.496 e. The van der Waals surface area contributed by atoms with Crippen molar-refractivity contribution in [2.45, 2.75) is 96.1 Å². The normalized spacial score (nSPS) is 26.6. The Morgan fingerprint density at radius 1 is 1.08 bits per heavy atom. The molecule has 2 saturated carbocycles. The number of hydrogen-bond donors (Lipinski definition) is 2. The lowest BCUT2D eigenvalue weighted by Crippen LogP contribution is -2.49. The summed E-state index contributed by atoms with van der Waals surface area (Å²) in [6.07, 6.45) is 10.2. The quantitative estimate of drug-likeness (QED) is 0.268. The number of carboxylic acids is 1. The van der Waals surface area contributed by atoms with Crippen molar-refractivity contribution in [1.82, 2.24) is 20.2 Å². The van der Waals surface area contributed by atoms with Gasteiger partial charge in [0.15, 0.2) is 0 Å². The molecule has 6 rings (SSSR count). The molecular formula is C38H48N4O6S. The molecule has 49 heavy (non-hydrogen) atoms. The maximum Gasteiger partial charge on any atom is 0.329 e. The third kappa shape index (κ3) is 7.18. The Hall–Kier alpha value is -3.99. The van der Waals surface area contributed by atoms with Crippen molar-refractivity contribution < 1.29 is 29.0 Å². The van der Waals surface area contributed by atoms with Crippen molar-refractivity contribution in [3.05, 3.63) is 47.0 Å².